The second-order valence-corrected chi connectivity index (χ2v) is 8.98. The van der Waals surface area contributed by atoms with Crippen LogP contribution in [-0.2, 0) is 27.1 Å². The van der Waals surface area contributed by atoms with Crippen molar-refractivity contribution in [3.63, 3.8) is 0 Å². The van der Waals surface area contributed by atoms with E-state index in [0.29, 0.717) is 47.8 Å². The zero-order valence-electron chi connectivity index (χ0n) is 18.4. The molecule has 180 valence electrons. The van der Waals surface area contributed by atoms with Crippen LogP contribution in [0.2, 0.25) is 0 Å². The molecule has 2 aromatic rings. The van der Waals surface area contributed by atoms with Crippen molar-refractivity contribution in [2.45, 2.75) is 39.0 Å². The number of hydrogen-bond donors (Lipinski definition) is 3. The van der Waals surface area contributed by atoms with Crippen molar-refractivity contribution in [2.24, 2.45) is 23.7 Å². The van der Waals surface area contributed by atoms with Crippen LogP contribution < -0.4 is 0 Å². The summed E-state index contributed by atoms with van der Waals surface area (Å²) >= 11 is 0. The quantitative estimate of drug-likeness (QED) is 0.535. The molecule has 0 bridgehead atoms. The number of hydrogen-bond acceptors (Lipinski definition) is 7. The summed E-state index contributed by atoms with van der Waals surface area (Å²) in [7, 11) is 3.43. The normalized spacial score (nSPS) is 28.9. The Morgan fingerprint density at radius 1 is 0.939 bits per heavy atom. The number of aromatic amines is 2. The summed E-state index contributed by atoms with van der Waals surface area (Å²) in [6, 6.07) is 0. The van der Waals surface area contributed by atoms with E-state index in [2.05, 4.69) is 20.4 Å². The largest absolute Gasteiger partial charge is 0.476 e. The Kier molecular flexibility index (Phi) is 6.32. The number of carbonyl (C=O) groups is 2. The molecule has 0 aromatic carbocycles. The number of H-pyrrole nitrogens is 2. The van der Waals surface area contributed by atoms with E-state index in [4.69, 9.17) is 19.3 Å². The van der Waals surface area contributed by atoms with E-state index in [-0.39, 0.29) is 19.1 Å². The molecule has 0 unspecified atom stereocenters. The van der Waals surface area contributed by atoms with Crippen molar-refractivity contribution in [3.05, 3.63) is 33.9 Å². The van der Waals surface area contributed by atoms with E-state index in [1.165, 1.54) is 0 Å². The topological polar surface area (TPSA) is 139 Å². The first-order valence-corrected chi connectivity index (χ1v) is 11.0. The first-order chi connectivity index (χ1) is 15.5. The molecule has 0 radical (unpaired) electrons. The second-order valence-electron chi connectivity index (χ2n) is 8.98. The Morgan fingerprint density at radius 2 is 1.42 bits per heavy atom. The average molecular weight is 461 g/mol. The van der Waals surface area contributed by atoms with Gasteiger partial charge in [0.15, 0.2) is 11.4 Å². The van der Waals surface area contributed by atoms with Crippen LogP contribution in [0, 0.1) is 23.7 Å². The van der Waals surface area contributed by atoms with E-state index in [9.17, 15) is 9.59 Å². The van der Waals surface area contributed by atoms with Gasteiger partial charge in [0.2, 0.25) is 0 Å². The molecule has 2 aromatic heterocycles. The Bertz CT molecular complexity index is 1050. The molecule has 3 N–H and O–H groups in total. The maximum Gasteiger partial charge on any atom is 0.359 e. The van der Waals surface area contributed by atoms with Crippen LogP contribution in [0.1, 0.15) is 69.7 Å². The summed E-state index contributed by atoms with van der Waals surface area (Å²) < 4.78 is 15.3. The van der Waals surface area contributed by atoms with Gasteiger partial charge in [0, 0.05) is 61.8 Å². The minimum absolute atomic E-state index is 0. The number of carboxylic acids is 1. The van der Waals surface area contributed by atoms with Crippen molar-refractivity contribution in [1.82, 2.24) is 20.4 Å². The molecular weight excluding hydrogens is 428 g/mol. The highest BCUT2D eigenvalue weighted by atomic mass is 16.5. The monoisotopic (exact) mass is 460 g/mol. The smallest absolute Gasteiger partial charge is 0.359 e. The molecule has 0 saturated heterocycles. The molecule has 6 atom stereocenters. The zero-order valence-corrected chi connectivity index (χ0v) is 18.4. The van der Waals surface area contributed by atoms with E-state index < -0.39 is 5.97 Å². The van der Waals surface area contributed by atoms with Gasteiger partial charge in [-0.05, 0) is 43.4 Å². The molecule has 4 aliphatic carbocycles. The van der Waals surface area contributed by atoms with Crippen LogP contribution in [0.5, 0.6) is 0 Å². The standard InChI is InChI=1S/C12H16N2O3.C10H12N2O3.CH4/c1-3-17-12(15)11-7-4-6-8(5-16-2)9(6)10(7)13-14-11;1-15-3-6-4-2-5-8(7(4)6)11-12-9(5)10(13)14;/h6,8-9H,3-5H2,1-2H3,(H,13,14);4,6-7H,2-3H2,1H3,(H,11,12)(H,13,14);1H4/t6-,8+,9-;4-,6+,7-;/m00./s1. The molecule has 4 aliphatic rings. The Hall–Kier alpha value is -2.72. The highest BCUT2D eigenvalue weighted by Crippen LogP contribution is 2.62. The maximum absolute atomic E-state index is 11.7. The molecule has 33 heavy (non-hydrogen) atoms. The van der Waals surface area contributed by atoms with Gasteiger partial charge in [-0.25, -0.2) is 9.59 Å². The fraction of sp³-hybridized carbons (Fsp3) is 0.652. The van der Waals surface area contributed by atoms with Crippen LogP contribution in [-0.4, -0.2) is 71.5 Å². The zero-order chi connectivity index (χ0) is 22.6. The van der Waals surface area contributed by atoms with Crippen molar-refractivity contribution >= 4 is 11.9 Å². The van der Waals surface area contributed by atoms with Crippen LogP contribution >= 0.6 is 0 Å². The average Bonchev–Trinajstić information content (AvgIpc) is 3.27. The van der Waals surface area contributed by atoms with Gasteiger partial charge in [0.05, 0.1) is 6.61 Å². The maximum atomic E-state index is 11.7. The number of esters is 1. The number of nitrogens with one attached hydrogen (secondary N) is 2. The summed E-state index contributed by atoms with van der Waals surface area (Å²) in [5.41, 5.74) is 4.80. The lowest BCUT2D eigenvalue weighted by atomic mass is 10.1. The first kappa shape index (κ1) is 23.4. The van der Waals surface area contributed by atoms with Gasteiger partial charge in [-0.2, -0.15) is 10.2 Å². The lowest BCUT2D eigenvalue weighted by molar-refractivity contribution is 0.0517. The number of fused-ring (bicyclic) bond motifs is 6. The second kappa shape index (κ2) is 8.90. The highest BCUT2D eigenvalue weighted by Gasteiger charge is 2.58. The number of ether oxygens (including phenoxy) is 3. The minimum Gasteiger partial charge on any atom is -0.476 e. The molecule has 2 saturated carbocycles. The first-order valence-electron chi connectivity index (χ1n) is 11.0. The summed E-state index contributed by atoms with van der Waals surface area (Å²) in [6.45, 7) is 3.75. The van der Waals surface area contributed by atoms with Gasteiger partial charge >= 0.3 is 11.9 Å². The highest BCUT2D eigenvalue weighted by molar-refractivity contribution is 5.89. The molecule has 0 amide bonds. The van der Waals surface area contributed by atoms with Crippen LogP contribution in [0.4, 0.5) is 0 Å². The number of aromatic carboxylic acids is 1. The molecule has 0 aliphatic heterocycles. The van der Waals surface area contributed by atoms with Crippen molar-refractivity contribution in [3.8, 4) is 0 Å². The van der Waals surface area contributed by atoms with Gasteiger partial charge in [-0.1, -0.05) is 7.43 Å². The number of methoxy groups -OCH3 is 2. The van der Waals surface area contributed by atoms with Crippen molar-refractivity contribution in [2.75, 3.05) is 34.0 Å². The molecule has 10 heteroatoms. The summed E-state index contributed by atoms with van der Waals surface area (Å²) in [5.74, 6) is 2.10. The third-order valence-corrected chi connectivity index (χ3v) is 7.40. The third-order valence-electron chi connectivity index (χ3n) is 7.40. The van der Waals surface area contributed by atoms with E-state index in [0.717, 1.165) is 48.6 Å². The fourth-order valence-electron chi connectivity index (χ4n) is 5.88. The van der Waals surface area contributed by atoms with Gasteiger partial charge in [0.25, 0.3) is 0 Å². The predicted octanol–water partition coefficient (Wildman–Crippen LogP) is 2.39. The van der Waals surface area contributed by atoms with Crippen LogP contribution in [0.15, 0.2) is 0 Å². The van der Waals surface area contributed by atoms with Crippen LogP contribution in [0.3, 0.4) is 0 Å². The lowest BCUT2D eigenvalue weighted by Crippen LogP contribution is -2.09. The molecule has 6 rings (SSSR count). The molecule has 10 nitrogen and oxygen atoms in total. The summed E-state index contributed by atoms with van der Waals surface area (Å²) in [4.78, 5) is 22.5. The Balaban J connectivity index is 0.000000153. The number of carbonyl (C=O) groups excluding carboxylic acids is 1. The fourth-order valence-corrected chi connectivity index (χ4v) is 5.88. The van der Waals surface area contributed by atoms with E-state index in [1.807, 2.05) is 0 Å². The van der Waals surface area contributed by atoms with Crippen molar-refractivity contribution < 1.29 is 28.9 Å². The summed E-state index contributed by atoms with van der Waals surface area (Å²) in [6.07, 6.45) is 1.77. The molecule has 2 heterocycles. The molecular formula is C23H32N4O6. The molecule has 0 spiro atoms. The Morgan fingerprint density at radius 3 is 1.88 bits per heavy atom. The Labute approximate surface area is 192 Å². The van der Waals surface area contributed by atoms with E-state index in [1.54, 1.807) is 21.1 Å². The van der Waals surface area contributed by atoms with Gasteiger partial charge in [-0.3, -0.25) is 10.2 Å². The summed E-state index contributed by atoms with van der Waals surface area (Å²) in [5, 5.41) is 22.7. The van der Waals surface area contributed by atoms with Gasteiger partial charge in [0.1, 0.15) is 0 Å². The molecule has 2 fully saturated rings. The lowest BCUT2D eigenvalue weighted by Gasteiger charge is -2.03. The number of aromatic nitrogens is 4. The minimum atomic E-state index is -0.933. The number of nitrogens with zero attached hydrogens (tertiary/aromatic N) is 2. The third kappa shape index (κ3) is 3.74. The van der Waals surface area contributed by atoms with E-state index >= 15 is 0 Å². The van der Waals surface area contributed by atoms with Gasteiger partial charge < -0.3 is 19.3 Å². The van der Waals surface area contributed by atoms with Crippen LogP contribution in [0.25, 0.3) is 0 Å². The predicted molar refractivity (Wildman–Crippen MR) is 117 cm³/mol. The number of carboxylic acid groups (broad SMARTS) is 1. The van der Waals surface area contributed by atoms with Gasteiger partial charge in [-0.15, -0.1) is 0 Å². The number of rotatable bonds is 7. The SMILES string of the molecule is C.CCOC(=O)c1n[nH]c2c1C[C@H]1[C@@H](COC)[C@@H]21.COC[C@@H]1[C@@H]2Cc3c(C(=O)O)n[nH]c3[C@H]12. The van der Waals surface area contributed by atoms with Crippen molar-refractivity contribution in [1.29, 1.82) is 0 Å².